The third kappa shape index (κ3) is 2.15. The molecule has 0 amide bonds. The van der Waals surface area contributed by atoms with Crippen LogP contribution in [0.4, 0.5) is 0 Å². The quantitative estimate of drug-likeness (QED) is 0.263. The molecule has 0 N–H and O–H groups in total. The number of aromatic nitrogens is 2. The summed E-state index contributed by atoms with van der Waals surface area (Å²) in [5.74, 6) is 0. The molecule has 33 heavy (non-hydrogen) atoms. The number of hydrogen-bond donors (Lipinski definition) is 0. The summed E-state index contributed by atoms with van der Waals surface area (Å²) in [7, 11) is 0. The molecule has 2 heterocycles. The van der Waals surface area contributed by atoms with Crippen molar-refractivity contribution >= 4 is 43.4 Å². The number of nitrogens with zero attached hydrogens (tertiary/aromatic N) is 2. The van der Waals surface area contributed by atoms with E-state index in [4.69, 9.17) is 0 Å². The van der Waals surface area contributed by atoms with Gasteiger partial charge in [0, 0.05) is 28.6 Å². The molecule has 152 valence electrons. The molecule has 0 saturated heterocycles. The Bertz CT molecular complexity index is 1870. The Morgan fingerprint density at radius 2 is 1.24 bits per heavy atom. The van der Waals surface area contributed by atoms with E-state index in [0.717, 1.165) is 0 Å². The number of fused-ring (bicyclic) bond motifs is 7. The van der Waals surface area contributed by atoms with Crippen LogP contribution in [0.5, 0.6) is 0 Å². The normalized spacial score (nSPS) is 12.2. The minimum atomic E-state index is 1.18. The van der Waals surface area contributed by atoms with Gasteiger partial charge in [-0.15, -0.1) is 0 Å². The smallest absolute Gasteiger partial charge is 0.0572 e. The van der Waals surface area contributed by atoms with Crippen molar-refractivity contribution in [2.24, 2.45) is 0 Å². The second-order valence-electron chi connectivity index (χ2n) is 8.85. The summed E-state index contributed by atoms with van der Waals surface area (Å²) in [6.07, 6.45) is 3.87. The van der Waals surface area contributed by atoms with Gasteiger partial charge in [0.2, 0.25) is 0 Å². The van der Waals surface area contributed by atoms with Gasteiger partial charge in [0.05, 0.1) is 16.7 Å². The van der Waals surface area contributed by atoms with Crippen molar-refractivity contribution in [3.8, 4) is 27.9 Å². The van der Waals surface area contributed by atoms with Crippen LogP contribution in [0.15, 0.2) is 109 Å². The van der Waals surface area contributed by atoms with Gasteiger partial charge in [0.1, 0.15) is 0 Å². The lowest BCUT2D eigenvalue weighted by Gasteiger charge is -2.13. The fourth-order valence-corrected chi connectivity index (χ4v) is 5.81. The first-order valence-electron chi connectivity index (χ1n) is 11.3. The van der Waals surface area contributed by atoms with Crippen LogP contribution >= 0.6 is 0 Å². The van der Waals surface area contributed by atoms with Crippen LogP contribution in [-0.4, -0.2) is 9.55 Å². The number of rotatable bonds is 1. The van der Waals surface area contributed by atoms with Gasteiger partial charge in [-0.25, -0.2) is 0 Å². The highest BCUT2D eigenvalue weighted by atomic mass is 15.0. The second kappa shape index (κ2) is 6.08. The molecule has 1 aliphatic carbocycles. The van der Waals surface area contributed by atoms with Gasteiger partial charge in [-0.3, -0.25) is 4.98 Å². The zero-order chi connectivity index (χ0) is 21.5. The number of benzene rings is 5. The molecule has 5 aromatic carbocycles. The number of para-hydroxylation sites is 1. The highest BCUT2D eigenvalue weighted by Crippen LogP contribution is 2.49. The largest absolute Gasteiger partial charge is 0.309 e. The van der Waals surface area contributed by atoms with Crippen LogP contribution in [0.3, 0.4) is 0 Å². The van der Waals surface area contributed by atoms with Crippen LogP contribution in [-0.2, 0) is 0 Å². The SMILES string of the molecule is c1cc(-n2c3ccccc3c3cnccc32)c2cc3c(cc2c1)-c1cccc2cccc-3c12. The molecule has 0 spiro atoms. The van der Waals surface area contributed by atoms with E-state index in [1.54, 1.807) is 0 Å². The van der Waals surface area contributed by atoms with E-state index in [0.29, 0.717) is 0 Å². The predicted octanol–water partition coefficient (Wildman–Crippen LogP) is 8.13. The maximum absolute atomic E-state index is 4.41. The Morgan fingerprint density at radius 1 is 0.515 bits per heavy atom. The minimum Gasteiger partial charge on any atom is -0.309 e. The summed E-state index contributed by atoms with van der Waals surface area (Å²) in [6, 6.07) is 35.5. The van der Waals surface area contributed by atoms with Gasteiger partial charge < -0.3 is 4.57 Å². The molecule has 8 rings (SSSR count). The van der Waals surface area contributed by atoms with Crippen LogP contribution in [0.1, 0.15) is 0 Å². The van der Waals surface area contributed by atoms with Gasteiger partial charge >= 0.3 is 0 Å². The average molecular weight is 418 g/mol. The highest BCUT2D eigenvalue weighted by Gasteiger charge is 2.22. The fourth-order valence-electron chi connectivity index (χ4n) is 5.81. The van der Waals surface area contributed by atoms with Gasteiger partial charge in [-0.1, -0.05) is 66.7 Å². The van der Waals surface area contributed by atoms with Crippen molar-refractivity contribution in [2.45, 2.75) is 0 Å². The highest BCUT2D eigenvalue weighted by molar-refractivity contribution is 6.18. The first-order valence-corrected chi connectivity index (χ1v) is 11.3. The molecule has 2 aromatic heterocycles. The molecule has 0 atom stereocenters. The molecule has 0 unspecified atom stereocenters. The maximum atomic E-state index is 4.41. The third-order valence-corrected chi connectivity index (χ3v) is 7.20. The van der Waals surface area contributed by atoms with Crippen molar-refractivity contribution in [1.82, 2.24) is 9.55 Å². The van der Waals surface area contributed by atoms with E-state index in [-0.39, 0.29) is 0 Å². The zero-order valence-electron chi connectivity index (χ0n) is 17.8. The standard InChI is InChI=1S/C31H18N2/c1-2-12-28-21(9-1)27-18-32-15-14-30(27)33(28)29-13-5-8-20-16-25-22-10-3-6-19-7-4-11-23(31(19)22)26(25)17-24(20)29/h1-18H. The Balaban J connectivity index is 1.52. The van der Waals surface area contributed by atoms with E-state index < -0.39 is 0 Å². The second-order valence-corrected chi connectivity index (χ2v) is 8.85. The Morgan fingerprint density at radius 3 is 2.12 bits per heavy atom. The summed E-state index contributed by atoms with van der Waals surface area (Å²) >= 11 is 0. The van der Waals surface area contributed by atoms with Crippen LogP contribution in [0.2, 0.25) is 0 Å². The summed E-state index contributed by atoms with van der Waals surface area (Å²) in [5, 5.41) is 7.62. The fraction of sp³-hybridized carbons (Fsp3) is 0. The molecule has 0 aliphatic heterocycles. The van der Waals surface area contributed by atoms with Gasteiger partial charge in [0.25, 0.3) is 0 Å². The lowest BCUT2D eigenvalue weighted by atomic mass is 9.98. The molecule has 0 bridgehead atoms. The molecule has 2 nitrogen and oxygen atoms in total. The van der Waals surface area contributed by atoms with E-state index in [1.807, 2.05) is 12.4 Å². The maximum Gasteiger partial charge on any atom is 0.0572 e. The molecule has 2 heteroatoms. The van der Waals surface area contributed by atoms with E-state index in [1.165, 1.54) is 71.3 Å². The van der Waals surface area contributed by atoms with Gasteiger partial charge in [-0.05, 0) is 68.7 Å². The van der Waals surface area contributed by atoms with Crippen molar-refractivity contribution in [2.75, 3.05) is 0 Å². The monoisotopic (exact) mass is 418 g/mol. The van der Waals surface area contributed by atoms with Crippen molar-refractivity contribution in [3.05, 3.63) is 109 Å². The first kappa shape index (κ1) is 17.2. The Labute approximate surface area is 190 Å². The van der Waals surface area contributed by atoms with Gasteiger partial charge in [0.15, 0.2) is 0 Å². The summed E-state index contributed by atoms with van der Waals surface area (Å²) < 4.78 is 2.39. The summed E-state index contributed by atoms with van der Waals surface area (Å²) in [4.78, 5) is 4.41. The van der Waals surface area contributed by atoms with E-state index in [2.05, 4.69) is 107 Å². The predicted molar refractivity (Wildman–Crippen MR) is 138 cm³/mol. The average Bonchev–Trinajstić information content (AvgIpc) is 3.37. The topological polar surface area (TPSA) is 17.8 Å². The van der Waals surface area contributed by atoms with E-state index in [9.17, 15) is 0 Å². The first-order chi connectivity index (χ1) is 16.4. The lowest BCUT2D eigenvalue weighted by Crippen LogP contribution is -1.95. The van der Waals surface area contributed by atoms with Crippen LogP contribution in [0, 0.1) is 0 Å². The summed E-state index contributed by atoms with van der Waals surface area (Å²) in [5.41, 5.74) is 8.93. The Hall–Kier alpha value is -4.43. The lowest BCUT2D eigenvalue weighted by molar-refractivity contribution is 1.19. The number of hydrogen-bond acceptors (Lipinski definition) is 1. The summed E-state index contributed by atoms with van der Waals surface area (Å²) in [6.45, 7) is 0. The zero-order valence-corrected chi connectivity index (χ0v) is 17.8. The van der Waals surface area contributed by atoms with E-state index >= 15 is 0 Å². The molecule has 7 aromatic rings. The van der Waals surface area contributed by atoms with Crippen molar-refractivity contribution in [1.29, 1.82) is 0 Å². The molecular weight excluding hydrogens is 400 g/mol. The van der Waals surface area contributed by atoms with Crippen LogP contribution in [0.25, 0.3) is 71.3 Å². The third-order valence-electron chi connectivity index (χ3n) is 7.20. The number of pyridine rings is 1. The minimum absolute atomic E-state index is 1.18. The molecule has 0 fully saturated rings. The molecular formula is C31H18N2. The van der Waals surface area contributed by atoms with Crippen molar-refractivity contribution < 1.29 is 0 Å². The van der Waals surface area contributed by atoms with Crippen LogP contribution < -0.4 is 0 Å². The molecule has 0 saturated carbocycles. The van der Waals surface area contributed by atoms with Crippen molar-refractivity contribution in [3.63, 3.8) is 0 Å². The Kier molecular flexibility index (Phi) is 3.16. The molecule has 1 aliphatic rings. The van der Waals surface area contributed by atoms with Gasteiger partial charge in [-0.2, -0.15) is 0 Å². The molecule has 0 radical (unpaired) electrons.